The van der Waals surface area contributed by atoms with Crippen LogP contribution in [0.3, 0.4) is 0 Å². The zero-order chi connectivity index (χ0) is 18.7. The van der Waals surface area contributed by atoms with Crippen molar-refractivity contribution in [3.8, 4) is 11.4 Å². The van der Waals surface area contributed by atoms with Crippen LogP contribution < -0.4 is 5.73 Å². The number of amides is 1. The Hall–Kier alpha value is -2.25. The van der Waals surface area contributed by atoms with Crippen LogP contribution in [0.1, 0.15) is 25.3 Å². The number of nitrogens with zero attached hydrogens (tertiary/aromatic N) is 4. The number of rotatable bonds is 5. The summed E-state index contributed by atoms with van der Waals surface area (Å²) in [5.41, 5.74) is 7.99. The molecule has 0 spiro atoms. The van der Waals surface area contributed by atoms with E-state index in [-0.39, 0.29) is 17.9 Å². The van der Waals surface area contributed by atoms with Crippen LogP contribution in [0.5, 0.6) is 0 Å². The van der Waals surface area contributed by atoms with E-state index in [1.165, 1.54) is 5.56 Å². The van der Waals surface area contributed by atoms with Crippen LogP contribution in [-0.2, 0) is 11.3 Å². The molecule has 1 saturated heterocycles. The maximum atomic E-state index is 12.4. The van der Waals surface area contributed by atoms with Crippen LogP contribution in [0.15, 0.2) is 28.8 Å². The molecular formula is C19H27N5O2. The Balaban J connectivity index is 1.54. The summed E-state index contributed by atoms with van der Waals surface area (Å²) in [6, 6.07) is 7.93. The van der Waals surface area contributed by atoms with Gasteiger partial charge in [-0.25, -0.2) is 0 Å². The summed E-state index contributed by atoms with van der Waals surface area (Å²) in [6.07, 6.45) is 0. The number of carbonyl (C=O) groups is 1. The van der Waals surface area contributed by atoms with E-state index in [0.29, 0.717) is 31.3 Å². The molecule has 0 aliphatic carbocycles. The number of aromatic nitrogens is 2. The highest BCUT2D eigenvalue weighted by Gasteiger charge is 2.27. The molecule has 0 bridgehead atoms. The van der Waals surface area contributed by atoms with Crippen molar-refractivity contribution in [2.75, 3.05) is 26.2 Å². The zero-order valence-corrected chi connectivity index (χ0v) is 15.7. The first-order chi connectivity index (χ1) is 12.4. The van der Waals surface area contributed by atoms with Crippen LogP contribution in [0.4, 0.5) is 0 Å². The molecule has 1 aromatic heterocycles. The molecule has 2 aromatic rings. The number of carbonyl (C=O) groups excluding carboxylic acids is 1. The molecule has 1 amide bonds. The van der Waals surface area contributed by atoms with Gasteiger partial charge in [0, 0.05) is 37.8 Å². The number of hydrogen-bond donors (Lipinski definition) is 1. The highest BCUT2D eigenvalue weighted by Crippen LogP contribution is 2.17. The third-order valence-corrected chi connectivity index (χ3v) is 5.00. The second-order valence-corrected chi connectivity index (χ2v) is 7.13. The van der Waals surface area contributed by atoms with Crippen LogP contribution >= 0.6 is 0 Å². The molecule has 2 unspecified atom stereocenters. The predicted molar refractivity (Wildman–Crippen MR) is 99.1 cm³/mol. The summed E-state index contributed by atoms with van der Waals surface area (Å²) in [4.78, 5) is 21.0. The van der Waals surface area contributed by atoms with Gasteiger partial charge in [-0.15, -0.1) is 0 Å². The first-order valence-corrected chi connectivity index (χ1v) is 9.10. The van der Waals surface area contributed by atoms with E-state index in [9.17, 15) is 4.79 Å². The topological polar surface area (TPSA) is 88.5 Å². The lowest BCUT2D eigenvalue weighted by atomic mass is 10.0. The highest BCUT2D eigenvalue weighted by atomic mass is 16.5. The van der Waals surface area contributed by atoms with E-state index in [2.05, 4.69) is 15.0 Å². The summed E-state index contributed by atoms with van der Waals surface area (Å²) in [7, 11) is 0. The van der Waals surface area contributed by atoms with Crippen molar-refractivity contribution in [1.29, 1.82) is 0 Å². The van der Waals surface area contributed by atoms with Crippen molar-refractivity contribution in [2.24, 2.45) is 11.7 Å². The number of hydrogen-bond acceptors (Lipinski definition) is 6. The Morgan fingerprint density at radius 3 is 2.46 bits per heavy atom. The minimum Gasteiger partial charge on any atom is -0.340 e. The Kier molecular flexibility index (Phi) is 5.68. The minimum absolute atomic E-state index is 0.126. The summed E-state index contributed by atoms with van der Waals surface area (Å²) < 4.78 is 5.40. The van der Waals surface area contributed by atoms with Gasteiger partial charge in [0.25, 0.3) is 0 Å². The maximum absolute atomic E-state index is 12.4. The molecule has 1 aliphatic heterocycles. The molecule has 7 nitrogen and oxygen atoms in total. The van der Waals surface area contributed by atoms with Gasteiger partial charge in [0.15, 0.2) is 0 Å². The minimum atomic E-state index is -0.144. The largest absolute Gasteiger partial charge is 0.340 e. The van der Waals surface area contributed by atoms with Gasteiger partial charge in [0.1, 0.15) is 0 Å². The number of aryl methyl sites for hydroxylation is 1. The quantitative estimate of drug-likeness (QED) is 0.876. The van der Waals surface area contributed by atoms with Crippen molar-refractivity contribution < 1.29 is 9.32 Å². The standard InChI is InChI=1S/C19H27N5O2/c1-13-4-6-16(7-5-13)18-21-17(26-22-18)12-23-8-10-24(11-9-23)19(25)14(2)15(3)20/h4-7,14-15H,8-12,20H2,1-3H3. The lowest BCUT2D eigenvalue weighted by Crippen LogP contribution is -2.51. The van der Waals surface area contributed by atoms with E-state index >= 15 is 0 Å². The van der Waals surface area contributed by atoms with Gasteiger partial charge in [-0.2, -0.15) is 4.98 Å². The number of benzene rings is 1. The Morgan fingerprint density at radius 1 is 1.19 bits per heavy atom. The van der Waals surface area contributed by atoms with Gasteiger partial charge in [0.05, 0.1) is 12.5 Å². The van der Waals surface area contributed by atoms with Crippen LogP contribution in [-0.4, -0.2) is 58.1 Å². The van der Waals surface area contributed by atoms with Gasteiger partial charge in [-0.3, -0.25) is 9.69 Å². The normalized spacial score (nSPS) is 17.9. The third-order valence-electron chi connectivity index (χ3n) is 5.00. The summed E-state index contributed by atoms with van der Waals surface area (Å²) in [6.45, 7) is 9.40. The number of nitrogens with two attached hydrogens (primary N) is 1. The highest BCUT2D eigenvalue weighted by molar-refractivity contribution is 5.79. The first-order valence-electron chi connectivity index (χ1n) is 9.10. The average Bonchev–Trinajstić information content (AvgIpc) is 3.10. The van der Waals surface area contributed by atoms with E-state index < -0.39 is 0 Å². The lowest BCUT2D eigenvalue weighted by molar-refractivity contribution is -0.137. The summed E-state index contributed by atoms with van der Waals surface area (Å²) in [5, 5.41) is 4.08. The second-order valence-electron chi connectivity index (χ2n) is 7.13. The van der Waals surface area contributed by atoms with E-state index in [4.69, 9.17) is 10.3 Å². The van der Waals surface area contributed by atoms with Gasteiger partial charge < -0.3 is 15.2 Å². The molecule has 2 N–H and O–H groups in total. The molecule has 3 rings (SSSR count). The van der Waals surface area contributed by atoms with Gasteiger partial charge >= 0.3 is 0 Å². The third kappa shape index (κ3) is 4.28. The van der Waals surface area contributed by atoms with Gasteiger partial charge in [0.2, 0.25) is 17.6 Å². The zero-order valence-electron chi connectivity index (χ0n) is 15.7. The van der Waals surface area contributed by atoms with Crippen molar-refractivity contribution in [3.63, 3.8) is 0 Å². The molecule has 2 heterocycles. The fourth-order valence-corrected chi connectivity index (χ4v) is 2.97. The summed E-state index contributed by atoms with van der Waals surface area (Å²) >= 11 is 0. The van der Waals surface area contributed by atoms with Crippen LogP contribution in [0.25, 0.3) is 11.4 Å². The molecule has 2 atom stereocenters. The SMILES string of the molecule is Cc1ccc(-c2noc(CN3CCN(C(=O)C(C)C(C)N)CC3)n2)cc1. The van der Waals surface area contributed by atoms with E-state index in [0.717, 1.165) is 18.7 Å². The molecule has 1 aromatic carbocycles. The Labute approximate surface area is 154 Å². The molecule has 1 aliphatic rings. The maximum Gasteiger partial charge on any atom is 0.241 e. The van der Waals surface area contributed by atoms with E-state index in [1.807, 2.05) is 49.9 Å². The van der Waals surface area contributed by atoms with Crippen LogP contribution in [0, 0.1) is 12.8 Å². The molecule has 7 heteroatoms. The fourth-order valence-electron chi connectivity index (χ4n) is 2.97. The smallest absolute Gasteiger partial charge is 0.241 e. The molecule has 140 valence electrons. The fraction of sp³-hybridized carbons (Fsp3) is 0.526. The first kappa shape index (κ1) is 18.5. The molecule has 26 heavy (non-hydrogen) atoms. The molecule has 0 saturated carbocycles. The molecule has 1 fully saturated rings. The second kappa shape index (κ2) is 7.97. The van der Waals surface area contributed by atoms with Crippen molar-refractivity contribution >= 4 is 5.91 Å². The van der Waals surface area contributed by atoms with Crippen molar-refractivity contribution in [3.05, 3.63) is 35.7 Å². The Bertz CT molecular complexity index is 733. The summed E-state index contributed by atoms with van der Waals surface area (Å²) in [5.74, 6) is 1.21. The molecular weight excluding hydrogens is 330 g/mol. The van der Waals surface area contributed by atoms with Gasteiger partial charge in [-0.1, -0.05) is 41.9 Å². The Morgan fingerprint density at radius 2 is 1.85 bits per heavy atom. The average molecular weight is 357 g/mol. The predicted octanol–water partition coefficient (Wildman–Crippen LogP) is 1.67. The van der Waals surface area contributed by atoms with Crippen molar-refractivity contribution in [2.45, 2.75) is 33.4 Å². The van der Waals surface area contributed by atoms with Crippen LogP contribution in [0.2, 0.25) is 0 Å². The molecule has 0 radical (unpaired) electrons. The number of piperazine rings is 1. The van der Waals surface area contributed by atoms with E-state index in [1.54, 1.807) is 0 Å². The lowest BCUT2D eigenvalue weighted by Gasteiger charge is -2.35. The van der Waals surface area contributed by atoms with Crippen molar-refractivity contribution in [1.82, 2.24) is 19.9 Å². The monoisotopic (exact) mass is 357 g/mol. The van der Waals surface area contributed by atoms with Gasteiger partial charge in [-0.05, 0) is 13.8 Å².